The molecular weight excluding hydrogens is 234 g/mol. The molecule has 0 aliphatic heterocycles. The van der Waals surface area contributed by atoms with Crippen molar-refractivity contribution in [1.82, 2.24) is 0 Å². The summed E-state index contributed by atoms with van der Waals surface area (Å²) < 4.78 is 6.15. The van der Waals surface area contributed by atoms with Gasteiger partial charge in [0, 0.05) is 17.9 Å². The smallest absolute Gasteiger partial charge is 0.122 e. The predicted octanol–water partition coefficient (Wildman–Crippen LogP) is 3.80. The van der Waals surface area contributed by atoms with Gasteiger partial charge in [0.05, 0.1) is 0 Å². The molecule has 0 aromatic heterocycles. The molecule has 19 heavy (non-hydrogen) atoms. The van der Waals surface area contributed by atoms with Gasteiger partial charge >= 0.3 is 0 Å². The fraction of sp³-hybridized carbons (Fsp3) is 0.647. The lowest BCUT2D eigenvalue weighted by atomic mass is 9.65. The van der Waals surface area contributed by atoms with Gasteiger partial charge in [-0.15, -0.1) is 0 Å². The maximum Gasteiger partial charge on any atom is 0.122 e. The highest BCUT2D eigenvalue weighted by atomic mass is 16.5. The SMILES string of the molecule is Cc1cc(C(C)(C)C)ccc1OC1CC(N)C1(C)C. The zero-order valence-corrected chi connectivity index (χ0v) is 13.1. The predicted molar refractivity (Wildman–Crippen MR) is 80.7 cm³/mol. The Hall–Kier alpha value is -1.02. The molecule has 2 nitrogen and oxygen atoms in total. The fourth-order valence-electron chi connectivity index (χ4n) is 2.52. The number of benzene rings is 1. The molecule has 2 rings (SSSR count). The van der Waals surface area contributed by atoms with E-state index >= 15 is 0 Å². The maximum absolute atomic E-state index is 6.15. The summed E-state index contributed by atoms with van der Waals surface area (Å²) in [7, 11) is 0. The van der Waals surface area contributed by atoms with Crippen molar-refractivity contribution in [3.05, 3.63) is 29.3 Å². The topological polar surface area (TPSA) is 35.2 Å². The van der Waals surface area contributed by atoms with Crippen molar-refractivity contribution in [2.75, 3.05) is 0 Å². The van der Waals surface area contributed by atoms with Gasteiger partial charge in [-0.05, 0) is 29.5 Å². The van der Waals surface area contributed by atoms with Crippen LogP contribution in [0.3, 0.4) is 0 Å². The van der Waals surface area contributed by atoms with Crippen LogP contribution in [-0.4, -0.2) is 12.1 Å². The van der Waals surface area contributed by atoms with Gasteiger partial charge in [0.2, 0.25) is 0 Å². The van der Waals surface area contributed by atoms with Gasteiger partial charge in [0.15, 0.2) is 0 Å². The van der Waals surface area contributed by atoms with E-state index in [2.05, 4.69) is 59.7 Å². The largest absolute Gasteiger partial charge is 0.489 e. The van der Waals surface area contributed by atoms with Gasteiger partial charge in [-0.2, -0.15) is 0 Å². The first-order valence-electron chi connectivity index (χ1n) is 7.16. The summed E-state index contributed by atoms with van der Waals surface area (Å²) in [6, 6.07) is 6.77. The highest BCUT2D eigenvalue weighted by molar-refractivity contribution is 5.39. The number of aryl methyl sites for hydroxylation is 1. The summed E-state index contributed by atoms with van der Waals surface area (Å²) >= 11 is 0. The minimum Gasteiger partial charge on any atom is -0.489 e. The van der Waals surface area contributed by atoms with Gasteiger partial charge in [0.25, 0.3) is 0 Å². The molecular formula is C17H27NO. The van der Waals surface area contributed by atoms with E-state index in [9.17, 15) is 0 Å². The third-order valence-corrected chi connectivity index (χ3v) is 4.56. The highest BCUT2D eigenvalue weighted by Crippen LogP contribution is 2.42. The van der Waals surface area contributed by atoms with E-state index < -0.39 is 0 Å². The standard InChI is InChI=1S/C17H27NO/c1-11-9-12(16(2,3)4)7-8-13(11)19-15-10-14(18)17(15,5)6/h7-9,14-15H,10,18H2,1-6H3. The van der Waals surface area contributed by atoms with Crippen molar-refractivity contribution in [2.24, 2.45) is 11.1 Å². The lowest BCUT2D eigenvalue weighted by Crippen LogP contribution is -2.60. The van der Waals surface area contributed by atoms with Crippen molar-refractivity contribution in [3.8, 4) is 5.75 Å². The first-order chi connectivity index (χ1) is 8.62. The Kier molecular flexibility index (Phi) is 3.42. The lowest BCUT2D eigenvalue weighted by Gasteiger charge is -2.49. The van der Waals surface area contributed by atoms with Crippen molar-refractivity contribution in [2.45, 2.75) is 65.5 Å². The van der Waals surface area contributed by atoms with Gasteiger partial charge in [0.1, 0.15) is 11.9 Å². The Balaban J connectivity index is 2.15. The molecule has 1 aliphatic rings. The van der Waals surface area contributed by atoms with Crippen LogP contribution in [0.5, 0.6) is 5.75 Å². The molecule has 106 valence electrons. The van der Waals surface area contributed by atoms with Crippen molar-refractivity contribution in [3.63, 3.8) is 0 Å². The van der Waals surface area contributed by atoms with E-state index in [1.807, 2.05) is 0 Å². The molecule has 0 heterocycles. The Bertz CT molecular complexity index is 471. The van der Waals surface area contributed by atoms with Crippen LogP contribution in [0.1, 0.15) is 52.2 Å². The molecule has 2 unspecified atom stereocenters. The van der Waals surface area contributed by atoms with Crippen LogP contribution < -0.4 is 10.5 Å². The van der Waals surface area contributed by atoms with E-state index in [-0.39, 0.29) is 23.0 Å². The summed E-state index contributed by atoms with van der Waals surface area (Å²) in [5.74, 6) is 0.998. The van der Waals surface area contributed by atoms with Crippen LogP contribution in [0.2, 0.25) is 0 Å². The number of ether oxygens (including phenoxy) is 1. The summed E-state index contributed by atoms with van der Waals surface area (Å²) in [6.45, 7) is 13.2. The fourth-order valence-corrected chi connectivity index (χ4v) is 2.52. The number of rotatable bonds is 2. The second kappa shape index (κ2) is 4.52. The zero-order valence-electron chi connectivity index (χ0n) is 13.1. The van der Waals surface area contributed by atoms with Gasteiger partial charge in [-0.1, -0.05) is 46.8 Å². The lowest BCUT2D eigenvalue weighted by molar-refractivity contribution is -0.0403. The second-order valence-corrected chi connectivity index (χ2v) is 7.50. The third-order valence-electron chi connectivity index (χ3n) is 4.56. The molecule has 2 heteroatoms. The van der Waals surface area contributed by atoms with Gasteiger partial charge < -0.3 is 10.5 Å². The minimum absolute atomic E-state index is 0.0785. The van der Waals surface area contributed by atoms with Crippen molar-refractivity contribution in [1.29, 1.82) is 0 Å². The molecule has 1 aromatic rings. The Morgan fingerprint density at radius 3 is 2.32 bits per heavy atom. The summed E-state index contributed by atoms with van der Waals surface area (Å²) in [4.78, 5) is 0. The molecule has 1 aliphatic carbocycles. The molecule has 0 saturated heterocycles. The maximum atomic E-state index is 6.15. The number of hydrogen-bond acceptors (Lipinski definition) is 2. The monoisotopic (exact) mass is 261 g/mol. The second-order valence-electron chi connectivity index (χ2n) is 7.50. The molecule has 1 aromatic carbocycles. The number of nitrogens with two attached hydrogens (primary N) is 1. The van der Waals surface area contributed by atoms with Crippen LogP contribution in [0, 0.1) is 12.3 Å². The first kappa shape index (κ1) is 14.4. The average molecular weight is 261 g/mol. The van der Waals surface area contributed by atoms with E-state index in [0.717, 1.165) is 12.2 Å². The van der Waals surface area contributed by atoms with Crippen LogP contribution >= 0.6 is 0 Å². The van der Waals surface area contributed by atoms with Crippen molar-refractivity contribution >= 4 is 0 Å². The molecule has 0 spiro atoms. The molecule has 1 fully saturated rings. The highest BCUT2D eigenvalue weighted by Gasteiger charge is 2.48. The third kappa shape index (κ3) is 2.64. The first-order valence-corrected chi connectivity index (χ1v) is 7.16. The Morgan fingerprint density at radius 2 is 1.89 bits per heavy atom. The molecule has 2 N–H and O–H groups in total. The van der Waals surface area contributed by atoms with E-state index in [4.69, 9.17) is 10.5 Å². The Labute approximate surface area is 117 Å². The normalized spacial score (nSPS) is 25.8. The molecule has 0 amide bonds. The van der Waals surface area contributed by atoms with Crippen LogP contribution in [0.15, 0.2) is 18.2 Å². The molecule has 0 radical (unpaired) electrons. The summed E-state index contributed by atoms with van der Waals surface area (Å²) in [5.41, 5.74) is 8.86. The summed E-state index contributed by atoms with van der Waals surface area (Å²) in [5, 5.41) is 0. The average Bonchev–Trinajstić information content (AvgIpc) is 2.29. The molecule has 2 atom stereocenters. The minimum atomic E-state index is 0.0785. The quantitative estimate of drug-likeness (QED) is 0.879. The molecule has 0 bridgehead atoms. The number of hydrogen-bond donors (Lipinski definition) is 1. The van der Waals surface area contributed by atoms with E-state index in [1.54, 1.807) is 0 Å². The van der Waals surface area contributed by atoms with Crippen molar-refractivity contribution < 1.29 is 4.74 Å². The van der Waals surface area contributed by atoms with Crippen LogP contribution in [-0.2, 0) is 5.41 Å². The summed E-state index contributed by atoms with van der Waals surface area (Å²) in [6.07, 6.45) is 1.19. The van der Waals surface area contributed by atoms with Crippen LogP contribution in [0.4, 0.5) is 0 Å². The van der Waals surface area contributed by atoms with Crippen LogP contribution in [0.25, 0.3) is 0 Å². The zero-order chi connectivity index (χ0) is 14.4. The van der Waals surface area contributed by atoms with E-state index in [0.29, 0.717) is 0 Å². The Morgan fingerprint density at radius 1 is 1.26 bits per heavy atom. The molecule has 1 saturated carbocycles. The van der Waals surface area contributed by atoms with Gasteiger partial charge in [-0.25, -0.2) is 0 Å². The van der Waals surface area contributed by atoms with Gasteiger partial charge in [-0.3, -0.25) is 0 Å². The van der Waals surface area contributed by atoms with E-state index in [1.165, 1.54) is 11.1 Å².